The Morgan fingerprint density at radius 3 is 2.85 bits per heavy atom. The molecule has 1 aliphatic heterocycles. The number of hydrogen-bond donors (Lipinski definition) is 2. The molecule has 0 amide bonds. The molecule has 2 unspecified atom stereocenters. The highest BCUT2D eigenvalue weighted by Gasteiger charge is 2.16. The summed E-state index contributed by atoms with van der Waals surface area (Å²) >= 11 is 0. The molecular weight excluding hydrogens is 252 g/mol. The summed E-state index contributed by atoms with van der Waals surface area (Å²) < 4.78 is 5.43. The van der Waals surface area contributed by atoms with Gasteiger partial charge in [-0.05, 0) is 31.5 Å². The Kier molecular flexibility index (Phi) is 4.95. The fourth-order valence-corrected chi connectivity index (χ4v) is 2.37. The van der Waals surface area contributed by atoms with Crippen LogP contribution in [0.1, 0.15) is 24.5 Å². The van der Waals surface area contributed by atoms with E-state index < -0.39 is 0 Å². The molecule has 20 heavy (non-hydrogen) atoms. The van der Waals surface area contributed by atoms with Crippen LogP contribution in [0.4, 0.5) is 5.69 Å². The smallest absolute Gasteiger partial charge is 0.101 e. The van der Waals surface area contributed by atoms with Crippen molar-refractivity contribution in [3.63, 3.8) is 0 Å². The second-order valence-electron chi connectivity index (χ2n) is 4.99. The number of benzene rings is 1. The molecule has 0 aromatic heterocycles. The predicted molar refractivity (Wildman–Crippen MR) is 76.2 cm³/mol. The summed E-state index contributed by atoms with van der Waals surface area (Å²) in [6.45, 7) is 4.51. The summed E-state index contributed by atoms with van der Waals surface area (Å²) in [7, 11) is 0. The highest BCUT2D eigenvalue weighted by Crippen LogP contribution is 2.17. The number of anilines is 1. The van der Waals surface area contributed by atoms with Crippen molar-refractivity contribution < 1.29 is 4.74 Å². The number of rotatable bonds is 4. The van der Waals surface area contributed by atoms with Crippen LogP contribution in [0.2, 0.25) is 0 Å². The first-order valence-corrected chi connectivity index (χ1v) is 6.75. The number of nitrogens with one attached hydrogen (secondary N) is 2. The predicted octanol–water partition coefficient (Wildman–Crippen LogP) is 1.61. The molecule has 2 atom stereocenters. The quantitative estimate of drug-likeness (QED) is 0.868. The summed E-state index contributed by atoms with van der Waals surface area (Å²) in [5.74, 6) is 0. The summed E-state index contributed by atoms with van der Waals surface area (Å²) in [4.78, 5) is 0. The van der Waals surface area contributed by atoms with Crippen molar-refractivity contribution in [3.8, 4) is 12.1 Å². The molecule has 0 bridgehead atoms. The van der Waals surface area contributed by atoms with Gasteiger partial charge in [-0.25, -0.2) is 0 Å². The number of morpholine rings is 1. The van der Waals surface area contributed by atoms with Gasteiger partial charge in [0.25, 0.3) is 0 Å². The average Bonchev–Trinajstić information content (AvgIpc) is 2.48. The van der Waals surface area contributed by atoms with E-state index in [1.165, 1.54) is 0 Å². The highest BCUT2D eigenvalue weighted by atomic mass is 16.5. The van der Waals surface area contributed by atoms with Crippen LogP contribution in [0.25, 0.3) is 0 Å². The Labute approximate surface area is 119 Å². The van der Waals surface area contributed by atoms with Gasteiger partial charge in [0.15, 0.2) is 0 Å². The molecule has 104 valence electrons. The average molecular weight is 270 g/mol. The molecule has 1 aliphatic rings. The first-order chi connectivity index (χ1) is 9.72. The zero-order chi connectivity index (χ0) is 14.4. The third kappa shape index (κ3) is 3.71. The number of nitrogens with zero attached hydrogens (tertiary/aromatic N) is 2. The van der Waals surface area contributed by atoms with Crippen molar-refractivity contribution in [2.45, 2.75) is 25.4 Å². The van der Waals surface area contributed by atoms with Crippen molar-refractivity contribution in [2.24, 2.45) is 0 Å². The summed E-state index contributed by atoms with van der Waals surface area (Å²) in [6, 6.07) is 9.91. The first-order valence-electron chi connectivity index (χ1n) is 6.75. The Bertz CT molecular complexity index is 538. The van der Waals surface area contributed by atoms with Gasteiger partial charge in [0.1, 0.15) is 12.1 Å². The third-order valence-corrected chi connectivity index (χ3v) is 3.31. The molecule has 0 aliphatic carbocycles. The standard InChI is InChI=1S/C15H18N4O/c1-11(6-15-10-20-5-4-18-15)19-14-3-2-12(8-16)13(7-14)9-17/h2-3,7,11,15,18-19H,4-6,10H2,1H3. The minimum absolute atomic E-state index is 0.258. The molecule has 0 saturated carbocycles. The van der Waals surface area contributed by atoms with Gasteiger partial charge in [-0.3, -0.25) is 0 Å². The topological polar surface area (TPSA) is 80.9 Å². The SMILES string of the molecule is CC(CC1COCCN1)Nc1ccc(C#N)c(C#N)c1. The molecule has 2 N–H and O–H groups in total. The van der Waals surface area contributed by atoms with Crippen LogP contribution in [0.5, 0.6) is 0 Å². The van der Waals surface area contributed by atoms with Gasteiger partial charge in [0.2, 0.25) is 0 Å². The second-order valence-corrected chi connectivity index (χ2v) is 4.99. The minimum Gasteiger partial charge on any atom is -0.382 e. The molecule has 2 rings (SSSR count). The van der Waals surface area contributed by atoms with Crippen molar-refractivity contribution >= 4 is 5.69 Å². The van der Waals surface area contributed by atoms with E-state index in [-0.39, 0.29) is 6.04 Å². The zero-order valence-electron chi connectivity index (χ0n) is 11.5. The lowest BCUT2D eigenvalue weighted by molar-refractivity contribution is 0.0731. The van der Waals surface area contributed by atoms with Gasteiger partial charge in [-0.1, -0.05) is 0 Å². The largest absolute Gasteiger partial charge is 0.382 e. The number of ether oxygens (including phenoxy) is 1. The van der Waals surface area contributed by atoms with Gasteiger partial charge < -0.3 is 15.4 Å². The van der Waals surface area contributed by atoms with Crippen LogP contribution in [-0.2, 0) is 4.74 Å². The second kappa shape index (κ2) is 6.91. The van der Waals surface area contributed by atoms with Gasteiger partial charge in [-0.15, -0.1) is 0 Å². The van der Waals surface area contributed by atoms with Crippen LogP contribution >= 0.6 is 0 Å². The Balaban J connectivity index is 1.95. The van der Waals surface area contributed by atoms with E-state index in [0.29, 0.717) is 17.2 Å². The summed E-state index contributed by atoms with van der Waals surface area (Å²) in [5.41, 5.74) is 1.68. The molecular formula is C15H18N4O. The normalized spacial score (nSPS) is 19.6. The Hall–Kier alpha value is -2.08. The molecule has 1 saturated heterocycles. The van der Waals surface area contributed by atoms with Gasteiger partial charge in [-0.2, -0.15) is 10.5 Å². The Morgan fingerprint density at radius 1 is 1.40 bits per heavy atom. The highest BCUT2D eigenvalue weighted by molar-refractivity contribution is 5.56. The fourth-order valence-electron chi connectivity index (χ4n) is 2.37. The minimum atomic E-state index is 0.258. The van der Waals surface area contributed by atoms with Crippen molar-refractivity contribution in [1.29, 1.82) is 10.5 Å². The number of hydrogen-bond acceptors (Lipinski definition) is 5. The van der Waals surface area contributed by atoms with E-state index in [9.17, 15) is 0 Å². The molecule has 1 heterocycles. The fraction of sp³-hybridized carbons (Fsp3) is 0.467. The van der Waals surface area contributed by atoms with Gasteiger partial charge >= 0.3 is 0 Å². The monoisotopic (exact) mass is 270 g/mol. The van der Waals surface area contributed by atoms with E-state index in [1.807, 2.05) is 18.2 Å². The third-order valence-electron chi connectivity index (χ3n) is 3.31. The molecule has 5 heteroatoms. The van der Waals surface area contributed by atoms with Crippen LogP contribution in [-0.4, -0.2) is 31.8 Å². The van der Waals surface area contributed by atoms with Crippen LogP contribution in [0.3, 0.4) is 0 Å². The maximum absolute atomic E-state index is 9.01. The molecule has 1 fully saturated rings. The maximum atomic E-state index is 9.01. The summed E-state index contributed by atoms with van der Waals surface area (Å²) in [6.07, 6.45) is 0.946. The van der Waals surface area contributed by atoms with Crippen LogP contribution < -0.4 is 10.6 Å². The lowest BCUT2D eigenvalue weighted by Gasteiger charge is -2.27. The molecule has 1 aromatic rings. The molecule has 1 aromatic carbocycles. The van der Waals surface area contributed by atoms with Gasteiger partial charge in [0.05, 0.1) is 24.3 Å². The van der Waals surface area contributed by atoms with E-state index >= 15 is 0 Å². The number of nitriles is 2. The molecule has 0 radical (unpaired) electrons. The van der Waals surface area contributed by atoms with Crippen LogP contribution in [0.15, 0.2) is 18.2 Å². The van der Waals surface area contributed by atoms with E-state index in [2.05, 4.69) is 17.6 Å². The maximum Gasteiger partial charge on any atom is 0.101 e. The van der Waals surface area contributed by atoms with Crippen LogP contribution in [0, 0.1) is 22.7 Å². The van der Waals surface area contributed by atoms with Crippen molar-refractivity contribution in [1.82, 2.24) is 5.32 Å². The zero-order valence-corrected chi connectivity index (χ0v) is 11.5. The van der Waals surface area contributed by atoms with Gasteiger partial charge in [0, 0.05) is 24.3 Å². The van der Waals surface area contributed by atoms with Crippen molar-refractivity contribution in [2.75, 3.05) is 25.1 Å². The lowest BCUT2D eigenvalue weighted by atomic mass is 10.1. The first kappa shape index (κ1) is 14.3. The van der Waals surface area contributed by atoms with E-state index in [0.717, 1.165) is 31.9 Å². The lowest BCUT2D eigenvalue weighted by Crippen LogP contribution is -2.43. The van der Waals surface area contributed by atoms with E-state index in [4.69, 9.17) is 15.3 Å². The Morgan fingerprint density at radius 2 is 2.20 bits per heavy atom. The summed E-state index contributed by atoms with van der Waals surface area (Å²) in [5, 5.41) is 24.7. The molecule has 5 nitrogen and oxygen atoms in total. The molecule has 0 spiro atoms. The van der Waals surface area contributed by atoms with Crippen molar-refractivity contribution in [3.05, 3.63) is 29.3 Å². The van der Waals surface area contributed by atoms with E-state index in [1.54, 1.807) is 12.1 Å².